The number of pyridine rings is 1. The number of rotatable bonds is 7. The van der Waals surface area contributed by atoms with Gasteiger partial charge in [0.2, 0.25) is 0 Å². The van der Waals surface area contributed by atoms with E-state index in [4.69, 9.17) is 4.74 Å². The van der Waals surface area contributed by atoms with Crippen LogP contribution in [0.2, 0.25) is 0 Å². The second-order valence-electron chi connectivity index (χ2n) is 6.64. The van der Waals surface area contributed by atoms with Gasteiger partial charge in [-0.3, -0.25) is 15.1 Å². The average Bonchev–Trinajstić information content (AvgIpc) is 3.25. The van der Waals surface area contributed by atoms with E-state index in [0.29, 0.717) is 35.9 Å². The fraction of sp³-hybridized carbons (Fsp3) is 0.273. The van der Waals surface area contributed by atoms with E-state index in [1.807, 2.05) is 49.6 Å². The third kappa shape index (κ3) is 5.21. The van der Waals surface area contributed by atoms with Crippen molar-refractivity contribution < 1.29 is 19.1 Å². The number of carbonyl (C=O) groups is 3. The van der Waals surface area contributed by atoms with Gasteiger partial charge >= 0.3 is 12.0 Å². The summed E-state index contributed by atoms with van der Waals surface area (Å²) in [6, 6.07) is 10.6. The molecular weight excluding hydrogens is 402 g/mol. The molecule has 156 valence electrons. The number of aryl methyl sites for hydroxylation is 1. The Kier molecular flexibility index (Phi) is 7.13. The first-order valence-corrected chi connectivity index (χ1v) is 10.5. The number of hydrogen-bond acceptors (Lipinski definition) is 6. The highest BCUT2D eigenvalue weighted by molar-refractivity contribution is 7.09. The van der Waals surface area contributed by atoms with Gasteiger partial charge in [0.15, 0.2) is 6.61 Å². The minimum Gasteiger partial charge on any atom is -0.452 e. The maximum atomic E-state index is 12.7. The highest BCUT2D eigenvalue weighted by atomic mass is 32.1. The van der Waals surface area contributed by atoms with Crippen LogP contribution in [-0.4, -0.2) is 36.0 Å². The fourth-order valence-corrected chi connectivity index (χ4v) is 3.84. The molecule has 3 aromatic rings. The molecule has 3 rings (SSSR count). The molecular formula is C22H23N3O4S. The van der Waals surface area contributed by atoms with Gasteiger partial charge in [-0.05, 0) is 42.8 Å². The van der Waals surface area contributed by atoms with Crippen molar-refractivity contribution in [3.8, 4) is 0 Å². The summed E-state index contributed by atoms with van der Waals surface area (Å²) in [5.74, 6) is -1.31. The number of nitrogens with one attached hydrogen (secondary N) is 2. The molecule has 0 aliphatic heterocycles. The molecule has 2 heterocycles. The lowest BCUT2D eigenvalue weighted by Gasteiger charge is -2.13. The zero-order valence-corrected chi connectivity index (χ0v) is 17.7. The van der Waals surface area contributed by atoms with Crippen molar-refractivity contribution in [2.24, 2.45) is 0 Å². The molecule has 30 heavy (non-hydrogen) atoms. The van der Waals surface area contributed by atoms with Crippen LogP contribution in [0.3, 0.4) is 0 Å². The van der Waals surface area contributed by atoms with E-state index in [0.717, 1.165) is 16.1 Å². The lowest BCUT2D eigenvalue weighted by molar-refractivity contribution is -0.123. The van der Waals surface area contributed by atoms with Gasteiger partial charge in [0.05, 0.1) is 11.1 Å². The molecule has 0 unspecified atom stereocenters. The molecule has 0 saturated carbocycles. The molecule has 2 N–H and O–H groups in total. The number of benzene rings is 1. The molecule has 0 spiro atoms. The van der Waals surface area contributed by atoms with E-state index >= 15 is 0 Å². The van der Waals surface area contributed by atoms with Gasteiger partial charge < -0.3 is 10.1 Å². The van der Waals surface area contributed by atoms with Gasteiger partial charge in [-0.25, -0.2) is 9.59 Å². The predicted octanol–water partition coefficient (Wildman–Crippen LogP) is 3.39. The first-order chi connectivity index (χ1) is 14.5. The van der Waals surface area contributed by atoms with E-state index in [1.54, 1.807) is 17.4 Å². The Labute approximate surface area is 178 Å². The highest BCUT2D eigenvalue weighted by Crippen LogP contribution is 2.24. The van der Waals surface area contributed by atoms with Gasteiger partial charge in [0, 0.05) is 22.5 Å². The Hall–Kier alpha value is -3.26. The number of esters is 1. The summed E-state index contributed by atoms with van der Waals surface area (Å²) < 4.78 is 5.19. The molecule has 0 aliphatic carbocycles. The Balaban J connectivity index is 1.57. The Bertz CT molecular complexity index is 1060. The molecule has 0 atom stereocenters. The Morgan fingerprint density at radius 1 is 1.13 bits per heavy atom. The number of carbonyl (C=O) groups excluding carboxylic acids is 3. The Morgan fingerprint density at radius 3 is 2.67 bits per heavy atom. The van der Waals surface area contributed by atoms with Gasteiger partial charge in [0.25, 0.3) is 5.91 Å². The standard InChI is InChI=1S/C22H23N3O4S/c1-3-17-14(2)20(16-8-4-5-9-18(16)24-17)21(27)29-13-19(26)25-22(28)23-11-10-15-7-6-12-30-15/h4-9,12H,3,10-11,13H2,1-2H3,(H2,23,25,26,28). The lowest BCUT2D eigenvalue weighted by atomic mass is 10.0. The molecule has 1 aromatic carbocycles. The van der Waals surface area contributed by atoms with Gasteiger partial charge in [-0.1, -0.05) is 31.2 Å². The molecule has 0 bridgehead atoms. The number of hydrogen-bond donors (Lipinski definition) is 2. The SMILES string of the molecule is CCc1nc2ccccc2c(C(=O)OCC(=O)NC(=O)NCCc2cccs2)c1C. The summed E-state index contributed by atoms with van der Waals surface area (Å²) in [6.07, 6.45) is 1.35. The van der Waals surface area contributed by atoms with E-state index in [-0.39, 0.29) is 0 Å². The van der Waals surface area contributed by atoms with Crippen LogP contribution >= 0.6 is 11.3 Å². The number of nitrogens with zero attached hydrogens (tertiary/aromatic N) is 1. The third-order valence-corrected chi connectivity index (χ3v) is 5.54. The summed E-state index contributed by atoms with van der Waals surface area (Å²) in [7, 11) is 0. The van der Waals surface area contributed by atoms with Crippen molar-refractivity contribution in [2.45, 2.75) is 26.7 Å². The predicted molar refractivity (Wildman–Crippen MR) is 116 cm³/mol. The summed E-state index contributed by atoms with van der Waals surface area (Å²) in [5.41, 5.74) is 2.62. The zero-order valence-electron chi connectivity index (χ0n) is 16.9. The highest BCUT2D eigenvalue weighted by Gasteiger charge is 2.20. The first kappa shape index (κ1) is 21.4. The van der Waals surface area contributed by atoms with Crippen molar-refractivity contribution in [1.82, 2.24) is 15.6 Å². The van der Waals surface area contributed by atoms with Crippen molar-refractivity contribution in [3.05, 3.63) is 63.5 Å². The molecule has 0 aliphatic rings. The third-order valence-electron chi connectivity index (χ3n) is 4.60. The minimum absolute atomic E-state index is 0.394. The molecule has 8 heteroatoms. The van der Waals surface area contributed by atoms with Crippen LogP contribution in [0.5, 0.6) is 0 Å². The van der Waals surface area contributed by atoms with Crippen LogP contribution in [0.25, 0.3) is 10.9 Å². The molecule has 7 nitrogen and oxygen atoms in total. The van der Waals surface area contributed by atoms with Crippen molar-refractivity contribution in [1.29, 1.82) is 0 Å². The summed E-state index contributed by atoms with van der Waals surface area (Å²) in [6.45, 7) is 3.63. The average molecular weight is 426 g/mol. The normalized spacial score (nSPS) is 10.6. The maximum Gasteiger partial charge on any atom is 0.339 e. The number of thiophene rings is 1. The van der Waals surface area contributed by atoms with Crippen molar-refractivity contribution >= 4 is 40.1 Å². The number of para-hydroxylation sites is 1. The van der Waals surface area contributed by atoms with Crippen molar-refractivity contribution in [3.63, 3.8) is 0 Å². The summed E-state index contributed by atoms with van der Waals surface area (Å²) in [5, 5.41) is 7.41. The monoisotopic (exact) mass is 425 g/mol. The zero-order chi connectivity index (χ0) is 21.5. The Morgan fingerprint density at radius 2 is 1.93 bits per heavy atom. The summed E-state index contributed by atoms with van der Waals surface area (Å²) >= 11 is 1.60. The molecule has 0 saturated heterocycles. The quantitative estimate of drug-likeness (QED) is 0.566. The largest absolute Gasteiger partial charge is 0.452 e. The number of aromatic nitrogens is 1. The number of fused-ring (bicyclic) bond motifs is 1. The van der Waals surface area contributed by atoms with E-state index < -0.39 is 24.5 Å². The van der Waals surface area contributed by atoms with Crippen molar-refractivity contribution in [2.75, 3.05) is 13.2 Å². The van der Waals surface area contributed by atoms with E-state index in [9.17, 15) is 14.4 Å². The molecule has 0 radical (unpaired) electrons. The van der Waals surface area contributed by atoms with Crippen LogP contribution in [-0.2, 0) is 22.4 Å². The lowest BCUT2D eigenvalue weighted by Crippen LogP contribution is -2.42. The topological polar surface area (TPSA) is 97.4 Å². The number of urea groups is 1. The first-order valence-electron chi connectivity index (χ1n) is 9.65. The molecule has 0 fully saturated rings. The maximum absolute atomic E-state index is 12.7. The van der Waals surface area contributed by atoms with Crippen LogP contribution in [0, 0.1) is 6.92 Å². The second kappa shape index (κ2) is 9.98. The number of ether oxygens (including phenoxy) is 1. The number of imide groups is 1. The molecule has 3 amide bonds. The van der Waals surface area contributed by atoms with Crippen LogP contribution < -0.4 is 10.6 Å². The summed E-state index contributed by atoms with van der Waals surface area (Å²) in [4.78, 5) is 42.2. The van der Waals surface area contributed by atoms with E-state index in [2.05, 4.69) is 15.6 Å². The molecule has 2 aromatic heterocycles. The van der Waals surface area contributed by atoms with Gasteiger partial charge in [0.1, 0.15) is 0 Å². The number of amides is 3. The second-order valence-corrected chi connectivity index (χ2v) is 7.67. The van der Waals surface area contributed by atoms with Gasteiger partial charge in [-0.15, -0.1) is 11.3 Å². The van der Waals surface area contributed by atoms with Crippen LogP contribution in [0.1, 0.15) is 33.4 Å². The van der Waals surface area contributed by atoms with Crippen LogP contribution in [0.4, 0.5) is 4.79 Å². The fourth-order valence-electron chi connectivity index (χ4n) is 3.13. The smallest absolute Gasteiger partial charge is 0.339 e. The van der Waals surface area contributed by atoms with Gasteiger partial charge in [-0.2, -0.15) is 0 Å². The minimum atomic E-state index is -0.691. The van der Waals surface area contributed by atoms with Crippen LogP contribution in [0.15, 0.2) is 41.8 Å². The van der Waals surface area contributed by atoms with E-state index in [1.165, 1.54) is 0 Å².